The number of benzene rings is 2. The van der Waals surface area contributed by atoms with Crippen LogP contribution in [-0.4, -0.2) is 45.6 Å². The fourth-order valence-corrected chi connectivity index (χ4v) is 3.24. The first-order chi connectivity index (χ1) is 15.0. The molecule has 0 aliphatic rings. The summed E-state index contributed by atoms with van der Waals surface area (Å²) in [5.41, 5.74) is 3.25. The number of nitrogens with zero attached hydrogens (tertiary/aromatic N) is 3. The predicted octanol–water partition coefficient (Wildman–Crippen LogP) is 3.47. The summed E-state index contributed by atoms with van der Waals surface area (Å²) in [5, 5.41) is 9.61. The zero-order valence-corrected chi connectivity index (χ0v) is 18.2. The van der Waals surface area contributed by atoms with Crippen LogP contribution < -0.4 is 10.6 Å². The minimum atomic E-state index is -0.285. The van der Waals surface area contributed by atoms with E-state index in [2.05, 4.69) is 41.4 Å². The van der Waals surface area contributed by atoms with Crippen LogP contribution in [0.5, 0.6) is 0 Å². The van der Waals surface area contributed by atoms with Gasteiger partial charge in [-0.1, -0.05) is 19.1 Å². The van der Waals surface area contributed by atoms with Gasteiger partial charge in [-0.2, -0.15) is 5.10 Å². The summed E-state index contributed by atoms with van der Waals surface area (Å²) in [6.07, 6.45) is 3.55. The lowest BCUT2D eigenvalue weighted by atomic mass is 10.1. The molecule has 0 radical (unpaired) electrons. The smallest absolute Gasteiger partial charge is 0.251 e. The summed E-state index contributed by atoms with van der Waals surface area (Å²) in [4.78, 5) is 26.9. The van der Waals surface area contributed by atoms with E-state index < -0.39 is 0 Å². The van der Waals surface area contributed by atoms with Gasteiger partial charge in [0.2, 0.25) is 5.91 Å². The third-order valence-electron chi connectivity index (χ3n) is 5.07. The molecule has 2 N–H and O–H groups in total. The Morgan fingerprint density at radius 3 is 2.35 bits per heavy atom. The molecule has 7 heteroatoms. The molecule has 0 saturated carbocycles. The Balaban J connectivity index is 1.48. The van der Waals surface area contributed by atoms with Crippen molar-refractivity contribution in [2.75, 3.05) is 18.4 Å². The molecule has 2 aromatic carbocycles. The van der Waals surface area contributed by atoms with Crippen LogP contribution in [0.15, 0.2) is 67.0 Å². The monoisotopic (exact) mass is 419 g/mol. The van der Waals surface area contributed by atoms with Gasteiger partial charge in [0, 0.05) is 36.2 Å². The van der Waals surface area contributed by atoms with Crippen molar-refractivity contribution in [3.8, 4) is 5.69 Å². The molecule has 0 aliphatic carbocycles. The third-order valence-corrected chi connectivity index (χ3v) is 5.07. The van der Waals surface area contributed by atoms with Crippen molar-refractivity contribution in [2.45, 2.75) is 33.4 Å². The fraction of sp³-hybridized carbons (Fsp3) is 0.292. The molecule has 7 nitrogen and oxygen atoms in total. The van der Waals surface area contributed by atoms with E-state index >= 15 is 0 Å². The van der Waals surface area contributed by atoms with Crippen LogP contribution in [0.3, 0.4) is 0 Å². The van der Waals surface area contributed by atoms with E-state index in [9.17, 15) is 9.59 Å². The van der Waals surface area contributed by atoms with Crippen molar-refractivity contribution in [1.82, 2.24) is 20.0 Å². The Morgan fingerprint density at radius 2 is 1.77 bits per heavy atom. The number of aromatic nitrogens is 2. The van der Waals surface area contributed by atoms with E-state index in [0.29, 0.717) is 17.3 Å². The van der Waals surface area contributed by atoms with Crippen LogP contribution in [0.2, 0.25) is 0 Å². The van der Waals surface area contributed by atoms with Gasteiger partial charge in [0.05, 0.1) is 12.2 Å². The summed E-state index contributed by atoms with van der Waals surface area (Å²) in [6, 6.07) is 17.1. The topological polar surface area (TPSA) is 79.3 Å². The Bertz CT molecular complexity index is 980. The van der Waals surface area contributed by atoms with Gasteiger partial charge in [0.1, 0.15) is 0 Å². The Labute approximate surface area is 183 Å². The number of hydrogen-bond acceptors (Lipinski definition) is 4. The van der Waals surface area contributed by atoms with Gasteiger partial charge in [-0.25, -0.2) is 4.68 Å². The number of nitrogens with one attached hydrogen (secondary N) is 2. The second kappa shape index (κ2) is 10.5. The van der Waals surface area contributed by atoms with Crippen molar-refractivity contribution in [1.29, 1.82) is 0 Å². The number of amides is 2. The molecule has 0 fully saturated rings. The van der Waals surface area contributed by atoms with Gasteiger partial charge in [-0.05, 0) is 68.4 Å². The minimum Gasteiger partial charge on any atom is -0.343 e. The lowest BCUT2D eigenvalue weighted by Gasteiger charge is -2.24. The predicted molar refractivity (Wildman–Crippen MR) is 122 cm³/mol. The van der Waals surface area contributed by atoms with Gasteiger partial charge in [-0.3, -0.25) is 14.5 Å². The lowest BCUT2D eigenvalue weighted by Crippen LogP contribution is -2.33. The second-order valence-electron chi connectivity index (χ2n) is 7.58. The number of hydrogen-bond donors (Lipinski definition) is 2. The average molecular weight is 420 g/mol. The summed E-state index contributed by atoms with van der Waals surface area (Å²) in [6.45, 7) is 8.20. The van der Waals surface area contributed by atoms with Crippen LogP contribution in [-0.2, 0) is 11.3 Å². The maximum Gasteiger partial charge on any atom is 0.251 e. The lowest BCUT2D eigenvalue weighted by molar-refractivity contribution is -0.115. The highest BCUT2D eigenvalue weighted by molar-refractivity contribution is 5.99. The highest BCUT2D eigenvalue weighted by Gasteiger charge is 2.11. The van der Waals surface area contributed by atoms with Crippen molar-refractivity contribution in [2.24, 2.45) is 0 Å². The molecule has 31 heavy (non-hydrogen) atoms. The summed E-state index contributed by atoms with van der Waals surface area (Å²) >= 11 is 0. The van der Waals surface area contributed by atoms with Crippen LogP contribution >= 0.6 is 0 Å². The molecule has 0 aliphatic heterocycles. The molecule has 1 heterocycles. The molecule has 0 saturated heterocycles. The standard InChI is InChI=1S/C24H29N5O2/c1-4-28(18(2)3)17-19-6-8-20(9-7-19)24(31)25-16-23(30)27-21-10-12-22(13-11-21)29-15-5-14-26-29/h5-15,18H,4,16-17H2,1-3H3,(H,25,31)(H,27,30). The third kappa shape index (κ3) is 6.26. The maximum atomic E-state index is 12.4. The number of carbonyl (C=O) groups excluding carboxylic acids is 2. The molecular formula is C24H29N5O2. The summed E-state index contributed by atoms with van der Waals surface area (Å²) in [5.74, 6) is -0.556. The van der Waals surface area contributed by atoms with Crippen LogP contribution in [0, 0.1) is 0 Å². The molecule has 0 spiro atoms. The molecule has 1 aromatic heterocycles. The van der Waals surface area contributed by atoms with E-state index in [4.69, 9.17) is 0 Å². The van der Waals surface area contributed by atoms with E-state index in [1.807, 2.05) is 36.5 Å². The Hall–Kier alpha value is -3.45. The first-order valence-corrected chi connectivity index (χ1v) is 10.5. The summed E-state index contributed by atoms with van der Waals surface area (Å²) < 4.78 is 1.74. The van der Waals surface area contributed by atoms with Gasteiger partial charge >= 0.3 is 0 Å². The van der Waals surface area contributed by atoms with Crippen LogP contribution in [0.1, 0.15) is 36.7 Å². The molecule has 162 valence electrons. The number of carbonyl (C=O) groups is 2. The normalized spacial score (nSPS) is 11.0. The van der Waals surface area contributed by atoms with E-state index in [1.165, 1.54) is 0 Å². The van der Waals surface area contributed by atoms with Crippen molar-refractivity contribution < 1.29 is 9.59 Å². The van der Waals surface area contributed by atoms with E-state index in [-0.39, 0.29) is 18.4 Å². The number of rotatable bonds is 9. The van der Waals surface area contributed by atoms with E-state index in [1.54, 1.807) is 35.1 Å². The Kier molecular flexibility index (Phi) is 7.56. The first kappa shape index (κ1) is 22.2. The molecule has 3 rings (SSSR count). The molecular weight excluding hydrogens is 390 g/mol. The molecule has 0 atom stereocenters. The van der Waals surface area contributed by atoms with Crippen LogP contribution in [0.25, 0.3) is 5.69 Å². The van der Waals surface area contributed by atoms with E-state index in [0.717, 1.165) is 24.3 Å². The summed E-state index contributed by atoms with van der Waals surface area (Å²) in [7, 11) is 0. The maximum absolute atomic E-state index is 12.4. The largest absolute Gasteiger partial charge is 0.343 e. The van der Waals surface area contributed by atoms with Crippen molar-refractivity contribution >= 4 is 17.5 Å². The molecule has 3 aromatic rings. The van der Waals surface area contributed by atoms with Gasteiger partial charge in [0.25, 0.3) is 5.91 Å². The number of anilines is 1. The molecule has 0 bridgehead atoms. The van der Waals surface area contributed by atoms with Gasteiger partial charge in [0.15, 0.2) is 0 Å². The highest BCUT2D eigenvalue weighted by atomic mass is 16.2. The SMILES string of the molecule is CCN(Cc1ccc(C(=O)NCC(=O)Nc2ccc(-n3cccn3)cc2)cc1)C(C)C. The highest BCUT2D eigenvalue weighted by Crippen LogP contribution is 2.13. The first-order valence-electron chi connectivity index (χ1n) is 10.5. The zero-order valence-electron chi connectivity index (χ0n) is 18.2. The van der Waals surface area contributed by atoms with Gasteiger partial charge in [-0.15, -0.1) is 0 Å². The second-order valence-corrected chi connectivity index (χ2v) is 7.58. The minimum absolute atomic E-state index is 0.0988. The van der Waals surface area contributed by atoms with Crippen molar-refractivity contribution in [3.05, 3.63) is 78.1 Å². The quantitative estimate of drug-likeness (QED) is 0.557. The van der Waals surface area contributed by atoms with Crippen molar-refractivity contribution in [3.63, 3.8) is 0 Å². The Morgan fingerprint density at radius 1 is 1.06 bits per heavy atom. The molecule has 2 amide bonds. The fourth-order valence-electron chi connectivity index (χ4n) is 3.24. The molecule has 0 unspecified atom stereocenters. The average Bonchev–Trinajstić information content (AvgIpc) is 3.31. The zero-order chi connectivity index (χ0) is 22.2. The van der Waals surface area contributed by atoms with Crippen LogP contribution in [0.4, 0.5) is 5.69 Å². The van der Waals surface area contributed by atoms with Gasteiger partial charge < -0.3 is 10.6 Å².